The van der Waals surface area contributed by atoms with Crippen LogP contribution in [0.3, 0.4) is 0 Å². The van der Waals surface area contributed by atoms with Crippen LogP contribution in [0.4, 0.5) is 0 Å². The maximum Gasteiger partial charge on any atom is 0.375 e. The Balaban J connectivity index is 1.78. The number of para-hydroxylation sites is 1. The Labute approximate surface area is 220 Å². The van der Waals surface area contributed by atoms with Crippen LogP contribution in [0, 0.1) is 0 Å². The Bertz CT molecular complexity index is 1450. The summed E-state index contributed by atoms with van der Waals surface area (Å²) in [4.78, 5) is 25.3. The average Bonchev–Trinajstić information content (AvgIpc) is 3.40. The van der Waals surface area contributed by atoms with Crippen LogP contribution in [0.5, 0.6) is 5.75 Å². The molecule has 2 aromatic heterocycles. The van der Waals surface area contributed by atoms with Crippen molar-refractivity contribution < 1.29 is 28.2 Å². The fourth-order valence-electron chi connectivity index (χ4n) is 3.93. The van der Waals surface area contributed by atoms with E-state index < -0.39 is 11.6 Å². The molecule has 4 aromatic rings. The maximum absolute atomic E-state index is 13.2. The second kappa shape index (κ2) is 10.7. The summed E-state index contributed by atoms with van der Waals surface area (Å²) in [7, 11) is 1.81. The van der Waals surface area contributed by atoms with E-state index in [-0.39, 0.29) is 24.8 Å². The zero-order valence-electron chi connectivity index (χ0n) is 21.5. The van der Waals surface area contributed by atoms with Crippen molar-refractivity contribution in [1.82, 2.24) is 9.78 Å². The van der Waals surface area contributed by atoms with Crippen LogP contribution in [0.1, 0.15) is 49.4 Å². The number of carbonyl (C=O) groups is 2. The first-order valence-corrected chi connectivity index (χ1v) is 12.3. The molecule has 0 aliphatic heterocycles. The van der Waals surface area contributed by atoms with Gasteiger partial charge < -0.3 is 18.6 Å². The number of hydrogen-bond donors (Lipinski definition) is 0. The molecule has 0 aliphatic carbocycles. The van der Waals surface area contributed by atoms with Crippen molar-refractivity contribution in [1.29, 1.82) is 0 Å². The lowest BCUT2D eigenvalue weighted by molar-refractivity contribution is -0.142. The van der Waals surface area contributed by atoms with Gasteiger partial charge in [-0.3, -0.25) is 9.48 Å². The van der Waals surface area contributed by atoms with Crippen LogP contribution >= 0.6 is 11.6 Å². The number of hydrogen-bond acceptors (Lipinski definition) is 7. The summed E-state index contributed by atoms with van der Waals surface area (Å²) in [6.45, 7) is 7.39. The molecule has 37 heavy (non-hydrogen) atoms. The van der Waals surface area contributed by atoms with E-state index in [0.29, 0.717) is 45.0 Å². The summed E-state index contributed by atoms with van der Waals surface area (Å²) < 4.78 is 24.7. The van der Waals surface area contributed by atoms with E-state index in [9.17, 15) is 9.59 Å². The number of nitrogens with zero attached hydrogens (tertiary/aromatic N) is 2. The minimum absolute atomic E-state index is 0.0196. The number of esters is 2. The summed E-state index contributed by atoms with van der Waals surface area (Å²) in [5.41, 5.74) is 2.37. The summed E-state index contributed by atoms with van der Waals surface area (Å²) in [5.74, 6) is -0.445. The molecule has 0 bridgehead atoms. The van der Waals surface area contributed by atoms with Gasteiger partial charge in [0.2, 0.25) is 5.76 Å². The summed E-state index contributed by atoms with van der Waals surface area (Å²) in [6.07, 6.45) is 3.59. The number of ether oxygens (including phenoxy) is 3. The van der Waals surface area contributed by atoms with Gasteiger partial charge in [0, 0.05) is 40.3 Å². The van der Waals surface area contributed by atoms with Gasteiger partial charge in [-0.2, -0.15) is 5.10 Å². The number of furan rings is 1. The number of benzene rings is 2. The highest BCUT2D eigenvalue weighted by molar-refractivity contribution is 6.32. The molecule has 0 atom stereocenters. The largest absolute Gasteiger partial charge is 0.488 e. The summed E-state index contributed by atoms with van der Waals surface area (Å²) in [5, 5.41) is 5.33. The van der Waals surface area contributed by atoms with E-state index in [1.807, 2.05) is 25.4 Å². The molecule has 0 fully saturated rings. The van der Waals surface area contributed by atoms with E-state index in [4.69, 9.17) is 30.2 Å². The Kier molecular flexibility index (Phi) is 7.59. The van der Waals surface area contributed by atoms with Crippen molar-refractivity contribution in [2.24, 2.45) is 7.05 Å². The molecule has 8 nitrogen and oxygen atoms in total. The number of halogens is 1. The standard InChI is InChI=1S/C28H29ClN2O6/c1-6-34-24(32)11-17-9-7-8-10-23(17)35-16-22-21-13-19(29)12-20(18-14-30-31(5)15-18)25(21)36-26(22)27(33)37-28(2,3)4/h7-10,12-15H,6,11,16H2,1-5H3. The predicted octanol–water partition coefficient (Wildman–Crippen LogP) is 6.13. The van der Waals surface area contributed by atoms with Gasteiger partial charge >= 0.3 is 11.9 Å². The summed E-state index contributed by atoms with van der Waals surface area (Å²) >= 11 is 6.50. The highest BCUT2D eigenvalue weighted by Gasteiger charge is 2.28. The van der Waals surface area contributed by atoms with Crippen LogP contribution < -0.4 is 4.74 Å². The Morgan fingerprint density at radius 3 is 2.59 bits per heavy atom. The van der Waals surface area contributed by atoms with Gasteiger partial charge in [0.15, 0.2) is 0 Å². The molecule has 0 spiro atoms. The molecule has 0 aliphatic rings. The number of rotatable bonds is 8. The second-order valence-corrected chi connectivity index (χ2v) is 9.96. The lowest BCUT2D eigenvalue weighted by Crippen LogP contribution is -2.24. The fourth-order valence-corrected chi connectivity index (χ4v) is 4.15. The zero-order valence-corrected chi connectivity index (χ0v) is 22.2. The van der Waals surface area contributed by atoms with E-state index >= 15 is 0 Å². The number of aromatic nitrogens is 2. The molecule has 0 radical (unpaired) electrons. The van der Waals surface area contributed by atoms with E-state index in [1.165, 1.54) is 0 Å². The number of carbonyl (C=O) groups excluding carboxylic acids is 2. The summed E-state index contributed by atoms with van der Waals surface area (Å²) in [6, 6.07) is 10.7. The molecular weight excluding hydrogens is 496 g/mol. The smallest absolute Gasteiger partial charge is 0.375 e. The van der Waals surface area contributed by atoms with Crippen LogP contribution in [0.15, 0.2) is 53.2 Å². The van der Waals surface area contributed by atoms with Gasteiger partial charge in [-0.15, -0.1) is 0 Å². The highest BCUT2D eigenvalue weighted by atomic mass is 35.5. The molecule has 2 heterocycles. The molecule has 4 rings (SSSR count). The maximum atomic E-state index is 13.2. The average molecular weight is 525 g/mol. The van der Waals surface area contributed by atoms with E-state index in [1.54, 1.807) is 62.8 Å². The Hall–Kier alpha value is -3.78. The fraction of sp³-hybridized carbons (Fsp3) is 0.321. The number of fused-ring (bicyclic) bond motifs is 1. The highest BCUT2D eigenvalue weighted by Crippen LogP contribution is 2.38. The molecule has 0 saturated carbocycles. The zero-order chi connectivity index (χ0) is 26.7. The molecule has 194 valence electrons. The number of aryl methyl sites for hydroxylation is 1. The van der Waals surface area contributed by atoms with Crippen LogP contribution in [0.25, 0.3) is 22.1 Å². The van der Waals surface area contributed by atoms with Crippen molar-refractivity contribution in [3.63, 3.8) is 0 Å². The van der Waals surface area contributed by atoms with Crippen molar-refractivity contribution in [3.05, 3.63) is 70.7 Å². The van der Waals surface area contributed by atoms with Crippen molar-refractivity contribution in [2.75, 3.05) is 6.61 Å². The third-order valence-corrected chi connectivity index (χ3v) is 5.66. The minimum Gasteiger partial charge on any atom is -0.488 e. The first-order chi connectivity index (χ1) is 17.6. The Morgan fingerprint density at radius 2 is 1.92 bits per heavy atom. The third-order valence-electron chi connectivity index (χ3n) is 5.44. The topological polar surface area (TPSA) is 92.8 Å². The lowest BCUT2D eigenvalue weighted by atomic mass is 10.0. The molecule has 9 heteroatoms. The SMILES string of the molecule is CCOC(=O)Cc1ccccc1OCc1c(C(=O)OC(C)(C)C)oc2c(-c3cnn(C)c3)cc(Cl)cc12. The molecule has 0 unspecified atom stereocenters. The quantitative estimate of drug-likeness (QED) is 0.256. The van der Waals surface area contributed by atoms with Gasteiger partial charge in [0.1, 0.15) is 23.5 Å². The van der Waals surface area contributed by atoms with Crippen molar-refractivity contribution >= 4 is 34.5 Å². The van der Waals surface area contributed by atoms with Crippen LogP contribution in [-0.2, 0) is 34.3 Å². The molecule has 0 amide bonds. The van der Waals surface area contributed by atoms with Gasteiger partial charge in [-0.1, -0.05) is 29.8 Å². The van der Waals surface area contributed by atoms with Gasteiger partial charge in [0.25, 0.3) is 0 Å². The monoisotopic (exact) mass is 524 g/mol. The molecule has 0 N–H and O–H groups in total. The van der Waals surface area contributed by atoms with E-state index in [0.717, 1.165) is 5.56 Å². The normalized spacial score (nSPS) is 11.5. The van der Waals surface area contributed by atoms with Gasteiger partial charge in [-0.25, -0.2) is 4.79 Å². The molecule has 2 aromatic carbocycles. The first-order valence-electron chi connectivity index (χ1n) is 11.9. The van der Waals surface area contributed by atoms with Crippen molar-refractivity contribution in [3.8, 4) is 16.9 Å². The van der Waals surface area contributed by atoms with Crippen LogP contribution in [0.2, 0.25) is 5.02 Å². The van der Waals surface area contributed by atoms with Gasteiger partial charge in [-0.05, 0) is 45.9 Å². The predicted molar refractivity (Wildman–Crippen MR) is 140 cm³/mol. The minimum atomic E-state index is -0.732. The lowest BCUT2D eigenvalue weighted by Gasteiger charge is -2.19. The molecule has 0 saturated heterocycles. The van der Waals surface area contributed by atoms with Gasteiger partial charge in [0.05, 0.1) is 24.8 Å². The first kappa shape index (κ1) is 26.3. The van der Waals surface area contributed by atoms with Crippen molar-refractivity contribution in [2.45, 2.75) is 46.3 Å². The molecular formula is C28H29ClN2O6. The van der Waals surface area contributed by atoms with E-state index in [2.05, 4.69) is 5.10 Å². The Morgan fingerprint density at radius 1 is 1.16 bits per heavy atom. The van der Waals surface area contributed by atoms with Crippen LogP contribution in [-0.4, -0.2) is 33.9 Å². The third kappa shape index (κ3) is 6.14. The second-order valence-electron chi connectivity index (χ2n) is 9.52.